The van der Waals surface area contributed by atoms with Crippen molar-refractivity contribution in [3.63, 3.8) is 0 Å². The fourth-order valence-corrected chi connectivity index (χ4v) is 3.33. The van der Waals surface area contributed by atoms with E-state index in [1.54, 1.807) is 12.1 Å². The molecule has 1 aliphatic rings. The maximum atomic E-state index is 12.1. The van der Waals surface area contributed by atoms with Crippen LogP contribution in [0.2, 0.25) is 0 Å². The number of benzene rings is 2. The van der Waals surface area contributed by atoms with Crippen molar-refractivity contribution in [1.29, 1.82) is 0 Å². The summed E-state index contributed by atoms with van der Waals surface area (Å²) in [5.41, 5.74) is 0.964. The number of phenols is 2. The molecular weight excluding hydrogens is 354 g/mol. The van der Waals surface area contributed by atoms with E-state index in [1.165, 1.54) is 31.4 Å². The Kier molecular flexibility index (Phi) is 4.99. The van der Waals surface area contributed by atoms with Gasteiger partial charge in [0.05, 0.1) is 17.7 Å². The fourth-order valence-electron chi connectivity index (χ4n) is 2.31. The zero-order valence-corrected chi connectivity index (χ0v) is 14.5. The molecule has 0 aliphatic carbocycles. The van der Waals surface area contributed by atoms with Crippen LogP contribution in [-0.2, 0) is 9.53 Å². The number of carbonyl (C=O) groups is 1. The van der Waals surface area contributed by atoms with Crippen molar-refractivity contribution in [2.45, 2.75) is 0 Å². The van der Waals surface area contributed by atoms with Crippen molar-refractivity contribution in [2.24, 2.45) is 4.99 Å². The highest BCUT2D eigenvalue weighted by Gasteiger charge is 2.33. The second-order valence-corrected chi connectivity index (χ2v) is 6.35. The lowest BCUT2D eigenvalue weighted by molar-refractivity contribution is -0.135. The number of aliphatic hydroxyl groups excluding tert-OH is 1. The zero-order chi connectivity index (χ0) is 18.7. The minimum absolute atomic E-state index is 0.0362. The summed E-state index contributed by atoms with van der Waals surface area (Å²) in [6.07, 6.45) is 1.51. The number of aliphatic hydroxyl groups is 1. The summed E-state index contributed by atoms with van der Waals surface area (Å²) in [7, 11) is 1.22. The van der Waals surface area contributed by atoms with Crippen molar-refractivity contribution in [3.05, 3.63) is 70.3 Å². The normalized spacial score (nSPS) is 17.1. The third-order valence-corrected chi connectivity index (χ3v) is 4.59. The first-order chi connectivity index (χ1) is 12.5. The summed E-state index contributed by atoms with van der Waals surface area (Å²) in [5, 5.41) is 30.1. The molecule has 1 aliphatic heterocycles. The monoisotopic (exact) mass is 369 g/mol. The van der Waals surface area contributed by atoms with Crippen LogP contribution >= 0.6 is 11.8 Å². The number of thioether (sulfide) groups is 1. The molecule has 3 N–H and O–H groups in total. The highest BCUT2D eigenvalue weighted by Crippen LogP contribution is 2.41. The number of hydrogen-bond donors (Lipinski definition) is 3. The number of aliphatic imine (C=N–C) groups is 1. The molecule has 0 spiro atoms. The highest BCUT2D eigenvalue weighted by atomic mass is 32.2. The van der Waals surface area contributed by atoms with Gasteiger partial charge in [0.15, 0.2) is 0 Å². The van der Waals surface area contributed by atoms with Gasteiger partial charge in [0.1, 0.15) is 27.9 Å². The molecular formula is C19H15NO5S. The second kappa shape index (κ2) is 7.37. The number of aromatic hydroxyl groups is 2. The number of phenolic OH excluding ortho intramolecular Hbond substituents is 2. The van der Waals surface area contributed by atoms with Crippen molar-refractivity contribution < 1.29 is 24.9 Å². The number of para-hydroxylation sites is 1. The van der Waals surface area contributed by atoms with Gasteiger partial charge in [-0.15, -0.1) is 0 Å². The van der Waals surface area contributed by atoms with E-state index >= 15 is 0 Å². The fraction of sp³-hybridized carbons (Fsp3) is 0.0526. The van der Waals surface area contributed by atoms with Crippen LogP contribution in [0.1, 0.15) is 5.56 Å². The number of nitrogens with zero attached hydrogens (tertiary/aromatic N) is 1. The van der Waals surface area contributed by atoms with Gasteiger partial charge in [-0.3, -0.25) is 0 Å². The van der Waals surface area contributed by atoms with Crippen LogP contribution < -0.4 is 0 Å². The first kappa shape index (κ1) is 17.6. The molecule has 0 atom stereocenters. The van der Waals surface area contributed by atoms with Crippen molar-refractivity contribution in [3.8, 4) is 11.5 Å². The molecule has 0 fully saturated rings. The Bertz CT molecular complexity index is 948. The zero-order valence-electron chi connectivity index (χ0n) is 13.7. The lowest BCUT2D eigenvalue weighted by Gasteiger charge is -2.02. The van der Waals surface area contributed by atoms with Crippen molar-refractivity contribution in [2.75, 3.05) is 7.11 Å². The third-order valence-electron chi connectivity index (χ3n) is 3.57. The minimum Gasteiger partial charge on any atom is -0.508 e. The van der Waals surface area contributed by atoms with Crippen LogP contribution in [0.4, 0.5) is 5.69 Å². The van der Waals surface area contributed by atoms with Gasteiger partial charge >= 0.3 is 5.97 Å². The van der Waals surface area contributed by atoms with E-state index in [-0.39, 0.29) is 22.8 Å². The van der Waals surface area contributed by atoms with Crippen LogP contribution in [0.15, 0.2) is 69.8 Å². The Morgan fingerprint density at radius 2 is 1.85 bits per heavy atom. The molecule has 0 aromatic heterocycles. The summed E-state index contributed by atoms with van der Waals surface area (Å²) in [6.45, 7) is 0. The van der Waals surface area contributed by atoms with Gasteiger partial charge in [0.2, 0.25) is 0 Å². The second-order valence-electron chi connectivity index (χ2n) is 5.32. The summed E-state index contributed by atoms with van der Waals surface area (Å²) in [6, 6.07) is 13.1. The molecule has 3 rings (SSSR count). The van der Waals surface area contributed by atoms with Gasteiger partial charge in [0, 0.05) is 11.6 Å². The van der Waals surface area contributed by atoms with E-state index in [9.17, 15) is 20.1 Å². The van der Waals surface area contributed by atoms with Gasteiger partial charge in [-0.1, -0.05) is 30.0 Å². The van der Waals surface area contributed by atoms with Crippen molar-refractivity contribution in [1.82, 2.24) is 0 Å². The topological polar surface area (TPSA) is 99.4 Å². The molecule has 6 nitrogen and oxygen atoms in total. The average Bonchev–Trinajstić information content (AvgIpc) is 2.93. The van der Waals surface area contributed by atoms with Gasteiger partial charge in [0.25, 0.3) is 0 Å². The molecule has 0 saturated carbocycles. The lowest BCUT2D eigenvalue weighted by Crippen LogP contribution is -2.10. The summed E-state index contributed by atoms with van der Waals surface area (Å²) >= 11 is 1.09. The van der Waals surface area contributed by atoms with E-state index < -0.39 is 5.97 Å². The first-order valence-corrected chi connectivity index (χ1v) is 8.39. The van der Waals surface area contributed by atoms with E-state index in [1.807, 2.05) is 18.2 Å². The minimum atomic E-state index is -0.706. The standard InChI is InChI=1S/C19H15NO5S/c1-25-19(24)16-17(23)15(9-11-7-8-13(21)10-14(11)22)26-18(16)20-12-5-3-2-4-6-12/h2-10,21-23H,1H3/b15-9+,20-18?. The largest absolute Gasteiger partial charge is 0.508 e. The number of methoxy groups -OCH3 is 1. The van der Waals surface area contributed by atoms with Gasteiger partial charge in [-0.25, -0.2) is 9.79 Å². The van der Waals surface area contributed by atoms with E-state index in [2.05, 4.69) is 4.99 Å². The quantitative estimate of drug-likeness (QED) is 0.710. The molecule has 0 bridgehead atoms. The molecule has 26 heavy (non-hydrogen) atoms. The molecule has 0 amide bonds. The Balaban J connectivity index is 2.06. The maximum Gasteiger partial charge on any atom is 0.344 e. The van der Waals surface area contributed by atoms with Crippen LogP contribution in [0.5, 0.6) is 11.5 Å². The highest BCUT2D eigenvalue weighted by molar-refractivity contribution is 8.18. The average molecular weight is 369 g/mol. The number of rotatable bonds is 3. The molecule has 2 aromatic carbocycles. The summed E-state index contributed by atoms with van der Waals surface area (Å²) < 4.78 is 4.75. The Morgan fingerprint density at radius 3 is 2.50 bits per heavy atom. The number of esters is 1. The summed E-state index contributed by atoms with van der Waals surface area (Å²) in [4.78, 5) is 16.8. The number of hydrogen-bond acceptors (Lipinski definition) is 7. The smallest absolute Gasteiger partial charge is 0.344 e. The predicted molar refractivity (Wildman–Crippen MR) is 101 cm³/mol. The van der Waals surface area contributed by atoms with Crippen LogP contribution in [0.25, 0.3) is 6.08 Å². The lowest BCUT2D eigenvalue weighted by atomic mass is 10.1. The van der Waals surface area contributed by atoms with Crippen LogP contribution in [0, 0.1) is 0 Å². The van der Waals surface area contributed by atoms with Gasteiger partial charge in [-0.2, -0.15) is 0 Å². The van der Waals surface area contributed by atoms with Crippen LogP contribution in [-0.4, -0.2) is 33.4 Å². The predicted octanol–water partition coefficient (Wildman–Crippen LogP) is 3.90. The molecule has 0 saturated heterocycles. The summed E-state index contributed by atoms with van der Waals surface area (Å²) in [5.74, 6) is -1.21. The van der Waals surface area contributed by atoms with E-state index in [0.717, 1.165) is 11.8 Å². The Labute approximate surface area is 153 Å². The Morgan fingerprint density at radius 1 is 1.12 bits per heavy atom. The van der Waals surface area contributed by atoms with Gasteiger partial charge in [-0.05, 0) is 30.3 Å². The Hall–Kier alpha value is -3.19. The third kappa shape index (κ3) is 3.57. The van der Waals surface area contributed by atoms with Crippen LogP contribution in [0.3, 0.4) is 0 Å². The molecule has 0 radical (unpaired) electrons. The molecule has 0 unspecified atom stereocenters. The molecule has 1 heterocycles. The maximum absolute atomic E-state index is 12.1. The molecule has 132 valence electrons. The number of ether oxygens (including phenoxy) is 1. The molecule has 7 heteroatoms. The van der Waals surface area contributed by atoms with E-state index in [0.29, 0.717) is 21.2 Å². The number of carbonyl (C=O) groups excluding carboxylic acids is 1. The SMILES string of the molecule is COC(=O)C1=C(O)/C(=C\c2ccc(O)cc2O)SC1=Nc1ccccc1. The first-order valence-electron chi connectivity index (χ1n) is 7.57. The van der Waals surface area contributed by atoms with Gasteiger partial charge < -0.3 is 20.1 Å². The van der Waals surface area contributed by atoms with E-state index in [4.69, 9.17) is 4.74 Å². The molecule has 2 aromatic rings. The van der Waals surface area contributed by atoms with Crippen molar-refractivity contribution >= 4 is 34.5 Å².